The van der Waals surface area contributed by atoms with E-state index in [1.54, 1.807) is 0 Å². The van der Waals surface area contributed by atoms with Crippen LogP contribution in [0.3, 0.4) is 0 Å². The van der Waals surface area contributed by atoms with Gasteiger partial charge in [-0.25, -0.2) is 5.48 Å². The molecular weight excluding hydrogens is 96.0 g/mol. The number of nitroso groups, excluding NO2 is 1. The van der Waals surface area contributed by atoms with E-state index in [2.05, 4.69) is 5.18 Å². The molecule has 0 aliphatic heterocycles. The lowest BCUT2D eigenvalue weighted by Gasteiger charge is -1.80. The standard InChI is InChI=1S/C3H6N2O2/c6-4-2-1-3-5-7/h1-2,5,7H,3H2. The number of hydrogen-bond acceptors (Lipinski definition) is 4. The van der Waals surface area contributed by atoms with Crippen molar-refractivity contribution in [3.05, 3.63) is 17.2 Å². The Morgan fingerprint density at radius 2 is 2.57 bits per heavy atom. The van der Waals surface area contributed by atoms with Gasteiger partial charge < -0.3 is 5.21 Å². The maximum Gasteiger partial charge on any atom is 0.0688 e. The fourth-order valence-corrected chi connectivity index (χ4v) is 0.148. The van der Waals surface area contributed by atoms with Crippen LogP contribution in [0.1, 0.15) is 0 Å². The quantitative estimate of drug-likeness (QED) is 0.396. The zero-order valence-corrected chi connectivity index (χ0v) is 3.66. The van der Waals surface area contributed by atoms with Crippen molar-refractivity contribution >= 4 is 0 Å². The maximum atomic E-state index is 9.23. The summed E-state index contributed by atoms with van der Waals surface area (Å²) in [4.78, 5) is 9.23. The molecule has 2 N–H and O–H groups in total. The Kier molecular flexibility index (Phi) is 4.70. The van der Waals surface area contributed by atoms with Gasteiger partial charge >= 0.3 is 0 Å². The van der Waals surface area contributed by atoms with E-state index >= 15 is 0 Å². The zero-order valence-electron chi connectivity index (χ0n) is 3.66. The summed E-state index contributed by atoms with van der Waals surface area (Å²) in [7, 11) is 0. The Bertz CT molecular complexity index is 71.3. The highest BCUT2D eigenvalue weighted by Gasteiger charge is 1.66. The number of rotatable bonds is 3. The molecule has 0 aliphatic carbocycles. The molecule has 0 aromatic heterocycles. The summed E-state index contributed by atoms with van der Waals surface area (Å²) in [5, 5.41) is 10.2. The molecule has 0 spiro atoms. The van der Waals surface area contributed by atoms with Gasteiger partial charge in [0.15, 0.2) is 0 Å². The average molecular weight is 102 g/mol. The zero-order chi connectivity index (χ0) is 5.54. The summed E-state index contributed by atoms with van der Waals surface area (Å²) >= 11 is 0. The Hall–Kier alpha value is -0.740. The molecule has 0 atom stereocenters. The molecule has 0 aromatic carbocycles. The highest BCUT2D eigenvalue weighted by atomic mass is 16.5. The predicted octanol–water partition coefficient (Wildman–Crippen LogP) is 0.245. The molecule has 7 heavy (non-hydrogen) atoms. The summed E-state index contributed by atoms with van der Waals surface area (Å²) in [6.07, 6.45) is 2.45. The second kappa shape index (κ2) is 5.26. The Morgan fingerprint density at radius 3 is 3.00 bits per heavy atom. The molecule has 0 saturated carbocycles. The van der Waals surface area contributed by atoms with Crippen LogP contribution < -0.4 is 5.48 Å². The number of hydroxylamine groups is 1. The van der Waals surface area contributed by atoms with E-state index in [4.69, 9.17) is 5.21 Å². The van der Waals surface area contributed by atoms with Gasteiger partial charge in [0, 0.05) is 6.54 Å². The first-order valence-electron chi connectivity index (χ1n) is 1.76. The molecule has 0 rings (SSSR count). The van der Waals surface area contributed by atoms with E-state index in [0.29, 0.717) is 0 Å². The molecule has 0 unspecified atom stereocenters. The number of nitrogens with zero attached hydrogens (tertiary/aromatic N) is 1. The topological polar surface area (TPSA) is 61.7 Å². The van der Waals surface area contributed by atoms with Crippen LogP contribution in [-0.2, 0) is 0 Å². The van der Waals surface area contributed by atoms with Crippen molar-refractivity contribution in [1.29, 1.82) is 0 Å². The molecule has 0 amide bonds. The van der Waals surface area contributed by atoms with Crippen LogP contribution in [0.4, 0.5) is 0 Å². The lowest BCUT2D eigenvalue weighted by molar-refractivity contribution is 0.179. The monoisotopic (exact) mass is 102 g/mol. The summed E-state index contributed by atoms with van der Waals surface area (Å²) in [6.45, 7) is 0.256. The molecule has 0 saturated heterocycles. The van der Waals surface area contributed by atoms with Crippen LogP contribution in [0, 0.1) is 4.91 Å². The molecule has 0 aliphatic rings. The molecular formula is C3H6N2O2. The first-order chi connectivity index (χ1) is 3.41. The van der Waals surface area contributed by atoms with Crippen LogP contribution in [-0.4, -0.2) is 11.8 Å². The van der Waals surface area contributed by atoms with Gasteiger partial charge in [0.1, 0.15) is 0 Å². The highest BCUT2D eigenvalue weighted by Crippen LogP contribution is 1.67. The first-order valence-corrected chi connectivity index (χ1v) is 1.76. The normalized spacial score (nSPS) is 9.86. The van der Waals surface area contributed by atoms with Crippen molar-refractivity contribution in [2.45, 2.75) is 0 Å². The van der Waals surface area contributed by atoms with Gasteiger partial charge in [-0.05, 0) is 11.3 Å². The molecule has 0 bridgehead atoms. The average Bonchev–Trinajstić information content (AvgIpc) is 1.69. The van der Waals surface area contributed by atoms with E-state index in [1.807, 2.05) is 5.48 Å². The molecule has 0 radical (unpaired) electrons. The Morgan fingerprint density at radius 1 is 1.86 bits per heavy atom. The van der Waals surface area contributed by atoms with Gasteiger partial charge in [0.05, 0.1) is 6.20 Å². The van der Waals surface area contributed by atoms with Gasteiger partial charge in [-0.15, -0.1) is 4.91 Å². The minimum Gasteiger partial charge on any atom is -0.317 e. The Labute approximate surface area is 40.8 Å². The fraction of sp³-hybridized carbons (Fsp3) is 0.333. The summed E-state index contributed by atoms with van der Waals surface area (Å²) in [5.74, 6) is 0. The minimum atomic E-state index is 0.256. The van der Waals surface area contributed by atoms with Gasteiger partial charge in [0.2, 0.25) is 0 Å². The van der Waals surface area contributed by atoms with Gasteiger partial charge in [-0.2, -0.15) is 0 Å². The predicted molar refractivity (Wildman–Crippen MR) is 24.7 cm³/mol. The molecule has 0 heterocycles. The molecule has 0 aromatic rings. The van der Waals surface area contributed by atoms with Gasteiger partial charge in [-0.1, -0.05) is 0 Å². The van der Waals surface area contributed by atoms with Crippen molar-refractivity contribution in [1.82, 2.24) is 5.48 Å². The van der Waals surface area contributed by atoms with E-state index in [0.717, 1.165) is 6.20 Å². The smallest absolute Gasteiger partial charge is 0.0688 e. The maximum absolute atomic E-state index is 9.23. The summed E-state index contributed by atoms with van der Waals surface area (Å²) < 4.78 is 0. The van der Waals surface area contributed by atoms with E-state index in [-0.39, 0.29) is 6.54 Å². The SMILES string of the molecule is O=NC=CCNO. The lowest BCUT2D eigenvalue weighted by Crippen LogP contribution is -2.04. The van der Waals surface area contributed by atoms with Crippen LogP contribution in [0.2, 0.25) is 0 Å². The molecule has 40 valence electrons. The summed E-state index contributed by atoms with van der Waals surface area (Å²) in [5.41, 5.74) is 1.82. The second-order valence-electron chi connectivity index (χ2n) is 0.852. The van der Waals surface area contributed by atoms with Crippen molar-refractivity contribution < 1.29 is 5.21 Å². The second-order valence-corrected chi connectivity index (χ2v) is 0.852. The van der Waals surface area contributed by atoms with Crippen molar-refractivity contribution in [3.8, 4) is 0 Å². The molecule has 4 nitrogen and oxygen atoms in total. The van der Waals surface area contributed by atoms with Crippen LogP contribution in [0.5, 0.6) is 0 Å². The van der Waals surface area contributed by atoms with Gasteiger partial charge in [-0.3, -0.25) is 0 Å². The van der Waals surface area contributed by atoms with Crippen molar-refractivity contribution in [2.75, 3.05) is 6.54 Å². The summed E-state index contributed by atoms with van der Waals surface area (Å²) in [6, 6.07) is 0. The first kappa shape index (κ1) is 6.26. The largest absolute Gasteiger partial charge is 0.317 e. The van der Waals surface area contributed by atoms with Crippen LogP contribution in [0.25, 0.3) is 0 Å². The third kappa shape index (κ3) is 5.26. The molecule has 0 fully saturated rings. The third-order valence-electron chi connectivity index (χ3n) is 0.375. The third-order valence-corrected chi connectivity index (χ3v) is 0.375. The van der Waals surface area contributed by atoms with Crippen molar-refractivity contribution in [2.24, 2.45) is 5.18 Å². The van der Waals surface area contributed by atoms with Crippen LogP contribution in [0.15, 0.2) is 17.5 Å². The molecule has 4 heteroatoms. The number of hydrogen-bond donors (Lipinski definition) is 2. The fourth-order valence-electron chi connectivity index (χ4n) is 0.148. The highest BCUT2D eigenvalue weighted by molar-refractivity contribution is 4.79. The van der Waals surface area contributed by atoms with E-state index in [1.165, 1.54) is 6.08 Å². The van der Waals surface area contributed by atoms with E-state index < -0.39 is 0 Å². The Balaban J connectivity index is 2.92. The lowest BCUT2D eigenvalue weighted by atomic mass is 10.6. The van der Waals surface area contributed by atoms with Crippen LogP contribution >= 0.6 is 0 Å². The van der Waals surface area contributed by atoms with E-state index in [9.17, 15) is 4.91 Å². The number of nitrogens with one attached hydrogen (secondary N) is 1. The van der Waals surface area contributed by atoms with Crippen molar-refractivity contribution in [3.63, 3.8) is 0 Å². The minimum absolute atomic E-state index is 0.256. The van der Waals surface area contributed by atoms with Gasteiger partial charge in [0.25, 0.3) is 0 Å².